The third-order valence-electron chi connectivity index (χ3n) is 2.33. The average molecular weight is 203 g/mol. The Balaban J connectivity index is 2.15. The number of fused-ring (bicyclic) bond motifs is 1. The van der Waals surface area contributed by atoms with Gasteiger partial charge in [0.25, 0.3) is 0 Å². The van der Waals surface area contributed by atoms with Crippen LogP contribution in [0.15, 0.2) is 22.8 Å². The minimum absolute atomic E-state index is 0.471. The number of hydrogen-bond acceptors (Lipinski definition) is 5. The van der Waals surface area contributed by atoms with Crippen LogP contribution in [0.4, 0.5) is 5.82 Å². The highest BCUT2D eigenvalue weighted by Gasteiger charge is 2.20. The molecule has 0 saturated heterocycles. The number of furan rings is 1. The minimum Gasteiger partial charge on any atom is -0.477 e. The highest BCUT2D eigenvalue weighted by Crippen LogP contribution is 2.29. The van der Waals surface area contributed by atoms with Crippen LogP contribution in [-0.2, 0) is 6.42 Å². The number of ether oxygens (including phenoxy) is 1. The van der Waals surface area contributed by atoms with Crippen molar-refractivity contribution in [3.63, 3.8) is 0 Å². The van der Waals surface area contributed by atoms with Gasteiger partial charge in [0.2, 0.25) is 11.7 Å². The van der Waals surface area contributed by atoms with Crippen LogP contribution in [-0.4, -0.2) is 16.6 Å². The van der Waals surface area contributed by atoms with E-state index < -0.39 is 0 Å². The number of anilines is 1. The highest BCUT2D eigenvalue weighted by molar-refractivity contribution is 5.56. The normalized spacial score (nSPS) is 13.6. The van der Waals surface area contributed by atoms with Gasteiger partial charge >= 0.3 is 0 Å². The molecule has 0 unspecified atom stereocenters. The molecule has 0 radical (unpaired) electrons. The molecule has 3 rings (SSSR count). The fourth-order valence-electron chi connectivity index (χ4n) is 1.60. The summed E-state index contributed by atoms with van der Waals surface area (Å²) >= 11 is 0. The number of rotatable bonds is 1. The van der Waals surface area contributed by atoms with Gasteiger partial charge in [-0.15, -0.1) is 0 Å². The maximum Gasteiger partial charge on any atom is 0.222 e. The smallest absolute Gasteiger partial charge is 0.222 e. The van der Waals surface area contributed by atoms with Gasteiger partial charge in [0, 0.05) is 6.42 Å². The summed E-state index contributed by atoms with van der Waals surface area (Å²) in [5.74, 6) is 2.12. The molecule has 0 saturated carbocycles. The summed E-state index contributed by atoms with van der Waals surface area (Å²) in [4.78, 5) is 8.43. The van der Waals surface area contributed by atoms with Crippen molar-refractivity contribution in [1.82, 2.24) is 9.97 Å². The first kappa shape index (κ1) is 8.28. The molecule has 76 valence electrons. The first-order valence-corrected chi connectivity index (χ1v) is 4.67. The van der Waals surface area contributed by atoms with Gasteiger partial charge in [-0.2, -0.15) is 4.98 Å². The molecular formula is C10H9N3O2. The van der Waals surface area contributed by atoms with Gasteiger partial charge in [0.05, 0.1) is 18.4 Å². The third kappa shape index (κ3) is 1.24. The molecular weight excluding hydrogens is 194 g/mol. The van der Waals surface area contributed by atoms with Crippen molar-refractivity contribution < 1.29 is 9.15 Å². The van der Waals surface area contributed by atoms with Gasteiger partial charge in [-0.25, -0.2) is 4.98 Å². The van der Waals surface area contributed by atoms with E-state index in [1.54, 1.807) is 18.4 Å². The molecule has 0 aromatic carbocycles. The summed E-state index contributed by atoms with van der Waals surface area (Å²) in [5, 5.41) is 0. The lowest BCUT2D eigenvalue weighted by Crippen LogP contribution is -1.99. The number of nitrogens with zero attached hydrogens (tertiary/aromatic N) is 2. The zero-order chi connectivity index (χ0) is 10.3. The van der Waals surface area contributed by atoms with Crippen molar-refractivity contribution in [2.24, 2.45) is 0 Å². The van der Waals surface area contributed by atoms with E-state index >= 15 is 0 Å². The standard InChI is InChI=1S/C10H9N3O2/c11-8-6-3-5-15-10(6)13-9(12-8)7-2-1-4-14-7/h1-2,4H,3,5H2,(H2,11,12,13). The minimum atomic E-state index is 0.471. The van der Waals surface area contributed by atoms with Crippen molar-refractivity contribution >= 4 is 5.82 Å². The van der Waals surface area contributed by atoms with Crippen LogP contribution in [0.2, 0.25) is 0 Å². The molecule has 2 N–H and O–H groups in total. The molecule has 0 amide bonds. The van der Waals surface area contributed by atoms with Gasteiger partial charge in [0.15, 0.2) is 5.76 Å². The van der Waals surface area contributed by atoms with Crippen LogP contribution in [0.5, 0.6) is 5.88 Å². The molecule has 0 bridgehead atoms. The molecule has 3 heterocycles. The lowest BCUT2D eigenvalue weighted by molar-refractivity contribution is 0.344. The number of aromatic nitrogens is 2. The Morgan fingerprint density at radius 2 is 2.27 bits per heavy atom. The molecule has 1 aliphatic heterocycles. The predicted molar refractivity (Wildman–Crippen MR) is 53.3 cm³/mol. The molecule has 5 heteroatoms. The van der Waals surface area contributed by atoms with E-state index in [2.05, 4.69) is 9.97 Å². The molecule has 1 aliphatic rings. The number of hydrogen-bond donors (Lipinski definition) is 1. The lowest BCUT2D eigenvalue weighted by Gasteiger charge is -2.02. The van der Waals surface area contributed by atoms with Crippen molar-refractivity contribution in [1.29, 1.82) is 0 Å². The predicted octanol–water partition coefficient (Wildman–Crippen LogP) is 1.25. The van der Waals surface area contributed by atoms with E-state index in [-0.39, 0.29) is 0 Å². The van der Waals surface area contributed by atoms with Gasteiger partial charge in [-0.3, -0.25) is 0 Å². The first-order valence-electron chi connectivity index (χ1n) is 4.67. The van der Waals surface area contributed by atoms with E-state index in [4.69, 9.17) is 14.9 Å². The molecule has 15 heavy (non-hydrogen) atoms. The van der Waals surface area contributed by atoms with Crippen LogP contribution >= 0.6 is 0 Å². The molecule has 0 fully saturated rings. The Hall–Kier alpha value is -2.04. The Kier molecular flexibility index (Phi) is 1.65. The fourth-order valence-corrected chi connectivity index (χ4v) is 1.60. The summed E-state index contributed by atoms with van der Waals surface area (Å²) in [6, 6.07) is 3.57. The van der Waals surface area contributed by atoms with Crippen LogP contribution in [0, 0.1) is 0 Å². The molecule has 5 nitrogen and oxygen atoms in total. The van der Waals surface area contributed by atoms with Crippen molar-refractivity contribution in [3.8, 4) is 17.5 Å². The van der Waals surface area contributed by atoms with E-state index in [0.717, 1.165) is 12.0 Å². The third-order valence-corrected chi connectivity index (χ3v) is 2.33. The maximum absolute atomic E-state index is 5.81. The first-order chi connectivity index (χ1) is 7.34. The van der Waals surface area contributed by atoms with Crippen LogP contribution in [0.25, 0.3) is 11.6 Å². The van der Waals surface area contributed by atoms with Crippen molar-refractivity contribution in [3.05, 3.63) is 24.0 Å². The van der Waals surface area contributed by atoms with Crippen LogP contribution in [0.1, 0.15) is 5.56 Å². The maximum atomic E-state index is 5.81. The molecule has 0 atom stereocenters. The number of nitrogens with two attached hydrogens (primary N) is 1. The monoisotopic (exact) mass is 203 g/mol. The van der Waals surface area contributed by atoms with Crippen LogP contribution < -0.4 is 10.5 Å². The summed E-state index contributed by atoms with van der Waals surface area (Å²) in [7, 11) is 0. The van der Waals surface area contributed by atoms with E-state index in [1.165, 1.54) is 0 Å². The van der Waals surface area contributed by atoms with Gasteiger partial charge in [0.1, 0.15) is 5.82 Å². The van der Waals surface area contributed by atoms with Gasteiger partial charge in [-0.05, 0) is 12.1 Å². The van der Waals surface area contributed by atoms with E-state index in [1.807, 2.05) is 0 Å². The number of nitrogen functional groups attached to an aromatic ring is 1. The lowest BCUT2D eigenvalue weighted by atomic mass is 10.2. The van der Waals surface area contributed by atoms with Gasteiger partial charge < -0.3 is 14.9 Å². The summed E-state index contributed by atoms with van der Waals surface area (Å²) < 4.78 is 10.5. The molecule has 2 aromatic rings. The Morgan fingerprint density at radius 1 is 1.33 bits per heavy atom. The fraction of sp³-hybridized carbons (Fsp3) is 0.200. The molecule has 0 aliphatic carbocycles. The second-order valence-electron chi connectivity index (χ2n) is 3.29. The second kappa shape index (κ2) is 2.98. The Bertz CT molecular complexity index is 494. The highest BCUT2D eigenvalue weighted by atomic mass is 16.5. The van der Waals surface area contributed by atoms with Gasteiger partial charge in [-0.1, -0.05) is 0 Å². The second-order valence-corrected chi connectivity index (χ2v) is 3.29. The largest absolute Gasteiger partial charge is 0.477 e. The van der Waals surface area contributed by atoms with Crippen molar-refractivity contribution in [2.75, 3.05) is 12.3 Å². The zero-order valence-corrected chi connectivity index (χ0v) is 7.93. The van der Waals surface area contributed by atoms with Crippen molar-refractivity contribution in [2.45, 2.75) is 6.42 Å². The van der Waals surface area contributed by atoms with E-state index in [0.29, 0.717) is 29.9 Å². The molecule has 2 aromatic heterocycles. The quantitative estimate of drug-likeness (QED) is 0.755. The summed E-state index contributed by atoms with van der Waals surface area (Å²) in [6.07, 6.45) is 2.35. The SMILES string of the molecule is Nc1nc(-c2ccco2)nc2c1CCO2. The Morgan fingerprint density at radius 3 is 3.07 bits per heavy atom. The summed E-state index contributed by atoms with van der Waals surface area (Å²) in [5.41, 5.74) is 6.70. The van der Waals surface area contributed by atoms with Crippen LogP contribution in [0.3, 0.4) is 0 Å². The molecule has 0 spiro atoms. The topological polar surface area (TPSA) is 74.2 Å². The van der Waals surface area contributed by atoms with E-state index in [9.17, 15) is 0 Å². The zero-order valence-electron chi connectivity index (χ0n) is 7.93. The Labute approximate surface area is 85.9 Å². The average Bonchev–Trinajstić information content (AvgIpc) is 2.88. The summed E-state index contributed by atoms with van der Waals surface area (Å²) in [6.45, 7) is 0.621.